The van der Waals surface area contributed by atoms with Crippen molar-refractivity contribution in [2.45, 2.75) is 51.5 Å². The van der Waals surface area contributed by atoms with Gasteiger partial charge in [-0.25, -0.2) is 0 Å². The number of aliphatic hydroxyl groups excluding tert-OH is 1. The molecule has 1 saturated heterocycles. The first-order valence-corrected chi connectivity index (χ1v) is 11.9. The third kappa shape index (κ3) is 4.20. The van der Waals surface area contributed by atoms with Gasteiger partial charge in [-0.1, -0.05) is 92.7 Å². The predicted octanol–water partition coefficient (Wildman–Crippen LogP) is 5.87. The summed E-state index contributed by atoms with van der Waals surface area (Å²) in [4.78, 5) is 5.18. The number of hydrogen-bond donors (Lipinski definition) is 1. The standard InChI is InChI=1S/C29H34N2O/c1-29(2)18-26-25(27(32)19-29)21-30(20-22-12-6-3-7-13-22)28(23-14-8-4-9-15-23)31(26)24-16-10-5-11-17-24/h3-17,25-28,32H,18-21H2,1-2H3. The van der Waals surface area contributed by atoms with Crippen molar-refractivity contribution in [2.24, 2.45) is 11.3 Å². The van der Waals surface area contributed by atoms with Crippen molar-refractivity contribution in [1.82, 2.24) is 4.90 Å². The molecule has 0 amide bonds. The fourth-order valence-corrected chi connectivity index (χ4v) is 5.95. The SMILES string of the molecule is CC1(C)CC(O)C2CN(Cc3ccccc3)C(c3ccccc3)N(c3ccccc3)C2C1. The van der Waals surface area contributed by atoms with E-state index in [-0.39, 0.29) is 23.6 Å². The molecule has 1 N–H and O–H groups in total. The Morgan fingerprint density at radius 3 is 2.06 bits per heavy atom. The van der Waals surface area contributed by atoms with Crippen molar-refractivity contribution in [3.63, 3.8) is 0 Å². The van der Waals surface area contributed by atoms with E-state index < -0.39 is 0 Å². The molecule has 32 heavy (non-hydrogen) atoms. The Morgan fingerprint density at radius 2 is 1.41 bits per heavy atom. The fourth-order valence-electron chi connectivity index (χ4n) is 5.95. The summed E-state index contributed by atoms with van der Waals surface area (Å²) in [7, 11) is 0. The van der Waals surface area contributed by atoms with E-state index in [1.54, 1.807) is 0 Å². The molecule has 0 spiro atoms. The average molecular weight is 427 g/mol. The Hall–Kier alpha value is -2.62. The van der Waals surface area contributed by atoms with Gasteiger partial charge in [0.1, 0.15) is 6.17 Å². The van der Waals surface area contributed by atoms with Crippen LogP contribution in [-0.4, -0.2) is 28.7 Å². The van der Waals surface area contributed by atoms with Crippen molar-refractivity contribution in [1.29, 1.82) is 0 Å². The molecule has 3 heteroatoms. The van der Waals surface area contributed by atoms with Crippen LogP contribution in [0, 0.1) is 11.3 Å². The van der Waals surface area contributed by atoms with Gasteiger partial charge in [0, 0.05) is 30.7 Å². The first kappa shape index (κ1) is 21.2. The van der Waals surface area contributed by atoms with Gasteiger partial charge in [0.15, 0.2) is 0 Å². The second-order valence-corrected chi connectivity index (χ2v) is 10.3. The highest BCUT2D eigenvalue weighted by Gasteiger charge is 2.50. The largest absolute Gasteiger partial charge is 0.393 e. The molecule has 2 fully saturated rings. The van der Waals surface area contributed by atoms with E-state index >= 15 is 0 Å². The molecule has 0 aromatic heterocycles. The van der Waals surface area contributed by atoms with Gasteiger partial charge < -0.3 is 10.0 Å². The van der Waals surface area contributed by atoms with E-state index in [2.05, 4.69) is 115 Å². The van der Waals surface area contributed by atoms with Gasteiger partial charge in [0.25, 0.3) is 0 Å². The quantitative estimate of drug-likeness (QED) is 0.565. The molecule has 0 radical (unpaired) electrons. The first-order chi connectivity index (χ1) is 15.5. The molecular weight excluding hydrogens is 392 g/mol. The number of nitrogens with zero attached hydrogens (tertiary/aromatic N) is 2. The molecular formula is C29H34N2O. The number of anilines is 1. The smallest absolute Gasteiger partial charge is 0.109 e. The van der Waals surface area contributed by atoms with Crippen LogP contribution in [0.25, 0.3) is 0 Å². The van der Waals surface area contributed by atoms with E-state index in [9.17, 15) is 5.11 Å². The van der Waals surface area contributed by atoms with Crippen molar-refractivity contribution in [3.8, 4) is 0 Å². The number of aliphatic hydroxyl groups is 1. The van der Waals surface area contributed by atoms with Crippen LogP contribution in [0.3, 0.4) is 0 Å². The van der Waals surface area contributed by atoms with Crippen molar-refractivity contribution >= 4 is 5.69 Å². The van der Waals surface area contributed by atoms with E-state index in [0.29, 0.717) is 6.04 Å². The zero-order chi connectivity index (χ0) is 22.1. The Kier molecular flexibility index (Phi) is 5.79. The summed E-state index contributed by atoms with van der Waals surface area (Å²) in [6.07, 6.45) is 1.80. The zero-order valence-corrected chi connectivity index (χ0v) is 19.1. The Bertz CT molecular complexity index is 1010. The minimum absolute atomic E-state index is 0.121. The van der Waals surface area contributed by atoms with Crippen LogP contribution in [0.2, 0.25) is 0 Å². The number of para-hydroxylation sites is 1. The maximum absolute atomic E-state index is 11.3. The summed E-state index contributed by atoms with van der Waals surface area (Å²) in [5.74, 6) is 0.229. The first-order valence-electron chi connectivity index (χ1n) is 11.9. The number of hydrogen-bond acceptors (Lipinski definition) is 3. The van der Waals surface area contributed by atoms with Crippen LogP contribution >= 0.6 is 0 Å². The van der Waals surface area contributed by atoms with Crippen molar-refractivity contribution in [3.05, 3.63) is 102 Å². The summed E-state index contributed by atoms with van der Waals surface area (Å²) in [6.45, 7) is 6.38. The van der Waals surface area contributed by atoms with E-state index in [1.807, 2.05) is 0 Å². The van der Waals surface area contributed by atoms with Crippen LogP contribution in [0.4, 0.5) is 5.69 Å². The van der Waals surface area contributed by atoms with Gasteiger partial charge in [-0.3, -0.25) is 4.90 Å². The Labute approximate surface area is 192 Å². The van der Waals surface area contributed by atoms with Crippen LogP contribution in [0.5, 0.6) is 0 Å². The van der Waals surface area contributed by atoms with Gasteiger partial charge >= 0.3 is 0 Å². The van der Waals surface area contributed by atoms with Gasteiger partial charge in [-0.05, 0) is 41.5 Å². The molecule has 1 saturated carbocycles. The molecule has 3 nitrogen and oxygen atoms in total. The highest BCUT2D eigenvalue weighted by molar-refractivity contribution is 5.51. The lowest BCUT2D eigenvalue weighted by Gasteiger charge is -2.58. The summed E-state index contributed by atoms with van der Waals surface area (Å²) >= 11 is 0. The summed E-state index contributed by atoms with van der Waals surface area (Å²) in [5.41, 5.74) is 3.98. The third-order valence-electron chi connectivity index (χ3n) is 7.30. The van der Waals surface area contributed by atoms with Crippen LogP contribution < -0.4 is 4.90 Å². The highest BCUT2D eigenvalue weighted by atomic mass is 16.3. The summed E-state index contributed by atoms with van der Waals surface area (Å²) in [6, 6.07) is 32.7. The maximum Gasteiger partial charge on any atom is 0.109 e. The topological polar surface area (TPSA) is 26.7 Å². The molecule has 4 unspecified atom stereocenters. The lowest BCUT2D eigenvalue weighted by Crippen LogP contribution is -2.63. The summed E-state index contributed by atoms with van der Waals surface area (Å²) in [5, 5.41) is 11.3. The molecule has 166 valence electrons. The highest BCUT2D eigenvalue weighted by Crippen LogP contribution is 2.48. The molecule has 5 rings (SSSR count). The Morgan fingerprint density at radius 1 is 0.812 bits per heavy atom. The number of benzene rings is 3. The van der Waals surface area contributed by atoms with Crippen molar-refractivity contribution in [2.75, 3.05) is 11.4 Å². The molecule has 1 aliphatic heterocycles. The third-order valence-corrected chi connectivity index (χ3v) is 7.30. The van der Waals surface area contributed by atoms with Crippen LogP contribution in [-0.2, 0) is 6.54 Å². The average Bonchev–Trinajstić information content (AvgIpc) is 2.80. The molecule has 2 aliphatic rings. The lowest BCUT2D eigenvalue weighted by molar-refractivity contribution is -0.0505. The van der Waals surface area contributed by atoms with E-state index in [0.717, 1.165) is 25.9 Å². The number of rotatable bonds is 4. The molecule has 4 atom stereocenters. The molecule has 3 aromatic rings. The van der Waals surface area contributed by atoms with Gasteiger partial charge in [-0.15, -0.1) is 0 Å². The van der Waals surface area contributed by atoms with E-state index in [1.165, 1.54) is 16.8 Å². The zero-order valence-electron chi connectivity index (χ0n) is 19.1. The molecule has 1 aliphatic carbocycles. The molecule has 3 aromatic carbocycles. The fraction of sp³-hybridized carbons (Fsp3) is 0.379. The monoisotopic (exact) mass is 426 g/mol. The minimum atomic E-state index is -0.287. The Balaban J connectivity index is 1.63. The number of fused-ring (bicyclic) bond motifs is 1. The minimum Gasteiger partial charge on any atom is -0.393 e. The van der Waals surface area contributed by atoms with Gasteiger partial charge in [0.2, 0.25) is 0 Å². The van der Waals surface area contributed by atoms with Crippen LogP contribution in [0.1, 0.15) is 44.0 Å². The van der Waals surface area contributed by atoms with E-state index in [4.69, 9.17) is 0 Å². The molecule has 0 bridgehead atoms. The second-order valence-electron chi connectivity index (χ2n) is 10.3. The second kappa shape index (κ2) is 8.73. The van der Waals surface area contributed by atoms with Crippen LogP contribution in [0.15, 0.2) is 91.0 Å². The molecule has 1 heterocycles. The normalized spacial score (nSPS) is 27.7. The van der Waals surface area contributed by atoms with Crippen molar-refractivity contribution < 1.29 is 5.11 Å². The summed E-state index contributed by atoms with van der Waals surface area (Å²) < 4.78 is 0. The van der Waals surface area contributed by atoms with Gasteiger partial charge in [-0.2, -0.15) is 0 Å². The lowest BCUT2D eigenvalue weighted by atomic mass is 9.66. The maximum atomic E-state index is 11.3. The van der Waals surface area contributed by atoms with Gasteiger partial charge in [0.05, 0.1) is 6.10 Å². The predicted molar refractivity (Wildman–Crippen MR) is 131 cm³/mol.